The molecular formula is C57H79N9O12S. The van der Waals surface area contributed by atoms with Crippen molar-refractivity contribution in [3.63, 3.8) is 0 Å². The average Bonchev–Trinajstić information content (AvgIpc) is 3.75. The minimum Gasteiger partial charge on any atom is -0.445 e. The van der Waals surface area contributed by atoms with Crippen molar-refractivity contribution in [3.8, 4) is 0 Å². The molecule has 1 aliphatic rings. The molecule has 79 heavy (non-hydrogen) atoms. The van der Waals surface area contributed by atoms with Gasteiger partial charge < -0.3 is 41.5 Å². The molecule has 3 aromatic carbocycles. The van der Waals surface area contributed by atoms with E-state index in [0.29, 0.717) is 48.2 Å². The van der Waals surface area contributed by atoms with Gasteiger partial charge in [-0.1, -0.05) is 128 Å². The Morgan fingerprint density at radius 1 is 0.759 bits per heavy atom. The van der Waals surface area contributed by atoms with Gasteiger partial charge in [-0.25, -0.2) is 17.9 Å². The third kappa shape index (κ3) is 20.4. The average molecular weight is 1110 g/mol. The lowest BCUT2D eigenvalue weighted by Crippen LogP contribution is -2.60. The summed E-state index contributed by atoms with van der Waals surface area (Å²) >= 11 is 0. The highest BCUT2D eigenvalue weighted by atomic mass is 32.2. The number of hydrogen-bond acceptors (Lipinski definition) is 13. The normalized spacial score (nSPS) is 14.2. The van der Waals surface area contributed by atoms with Crippen LogP contribution in [-0.2, 0) is 77.4 Å². The minimum absolute atomic E-state index is 0.00478. The first-order valence-electron chi connectivity index (χ1n) is 26.4. The number of amides is 9. The van der Waals surface area contributed by atoms with Crippen LogP contribution in [0, 0.1) is 11.3 Å². The van der Waals surface area contributed by atoms with Gasteiger partial charge in [-0.2, -0.15) is 0 Å². The van der Waals surface area contributed by atoms with Crippen LogP contribution in [0.25, 0.3) is 0 Å². The topological polar surface area (TPSA) is 288 Å². The zero-order valence-electron chi connectivity index (χ0n) is 47.1. The molecule has 430 valence electrons. The molecule has 0 bridgehead atoms. The number of benzene rings is 3. The number of carbonyl (C=O) groups is 9. The van der Waals surface area contributed by atoms with Gasteiger partial charge in [0.2, 0.25) is 51.4 Å². The van der Waals surface area contributed by atoms with Crippen molar-refractivity contribution in [2.45, 2.75) is 136 Å². The van der Waals surface area contributed by atoms with Gasteiger partial charge in [-0.3, -0.25) is 43.3 Å². The molecule has 1 aliphatic heterocycles. The number of hydrogen-bond donors (Lipinski definition) is 7. The SMILES string of the molecule is CN[C@H](C(=O)N[C@H](C(=O)N(C)C/C=C(\C)C(=O)NS(=O)(=O)Cc1cccc(CNC(=O)OCc2ccc(NC(=O)CNC(=O)C(NC(=O)CCCCCN3C(=O)CCC3=O)C(C)C)cc2)c1)C(C)(C)C)C(C)(C)c1ccccc1. The number of likely N-dealkylation sites (N-methyl/N-ethyl adjacent to an activating group) is 2. The van der Waals surface area contributed by atoms with E-state index < -0.39 is 74.5 Å². The number of sulfonamides is 1. The predicted molar refractivity (Wildman–Crippen MR) is 299 cm³/mol. The van der Waals surface area contributed by atoms with Gasteiger partial charge in [0, 0.05) is 62.6 Å². The number of alkyl carbamates (subject to hydrolysis) is 1. The Kier molecular flexibility index (Phi) is 23.9. The van der Waals surface area contributed by atoms with Gasteiger partial charge in [-0.15, -0.1) is 0 Å². The van der Waals surface area contributed by atoms with Crippen LogP contribution >= 0.6 is 0 Å². The molecule has 1 saturated heterocycles. The number of anilines is 1. The molecule has 3 aromatic rings. The van der Waals surface area contributed by atoms with Crippen LogP contribution in [-0.4, -0.2) is 123 Å². The number of likely N-dealkylation sites (tertiary alicyclic amines) is 1. The summed E-state index contributed by atoms with van der Waals surface area (Å²) in [4.78, 5) is 118. The quantitative estimate of drug-likeness (QED) is 0.0301. The Labute approximate surface area is 464 Å². The minimum atomic E-state index is -4.20. The van der Waals surface area contributed by atoms with Crippen molar-refractivity contribution in [2.75, 3.05) is 39.0 Å². The molecule has 0 saturated carbocycles. The standard InChI is InChI=1S/C57H79N9O12S/c1-37(2)48(62-44(67)22-15-12-16-30-66-46(69)27-28-47(66)70)52(72)59-34-45(68)61-43-25-23-39(24-26-43)35-78-55(75)60-33-40-18-17-19-41(32-40)36-79(76,77)64-51(71)38(3)29-31-65(10)54(74)50(56(4,5)6)63-53(73)49(58-9)57(7,8)42-20-13-11-14-21-42/h11,13-14,17-21,23-26,29,32,37,48-50,58H,12,15-16,22,27-28,30-31,33-36H2,1-10H3,(H,59,72)(H,60,75)(H,61,68)(H,62,67)(H,63,73)(H,64,71)/b38-29+/t48?,49-,50-/m1/s1. The molecule has 9 amide bonds. The van der Waals surface area contributed by atoms with Crippen LogP contribution in [0.3, 0.4) is 0 Å². The summed E-state index contributed by atoms with van der Waals surface area (Å²) in [6.45, 7) is 14.2. The fourth-order valence-electron chi connectivity index (χ4n) is 8.64. The monoisotopic (exact) mass is 1110 g/mol. The molecule has 22 heteroatoms. The smallest absolute Gasteiger partial charge is 0.407 e. The molecule has 1 fully saturated rings. The fraction of sp³-hybridized carbons (Fsp3) is 0.491. The predicted octanol–water partition coefficient (Wildman–Crippen LogP) is 4.47. The number of rotatable bonds is 28. The number of carbonyl (C=O) groups excluding carboxylic acids is 9. The fourth-order valence-corrected chi connectivity index (χ4v) is 9.77. The van der Waals surface area contributed by atoms with Crippen LogP contribution in [0.15, 0.2) is 90.5 Å². The molecule has 1 unspecified atom stereocenters. The first kappa shape index (κ1) is 64.1. The molecule has 21 nitrogen and oxygen atoms in total. The largest absolute Gasteiger partial charge is 0.445 e. The first-order chi connectivity index (χ1) is 37.1. The Balaban J connectivity index is 1.17. The molecule has 3 atom stereocenters. The third-order valence-corrected chi connectivity index (χ3v) is 14.6. The van der Waals surface area contributed by atoms with Gasteiger partial charge in [0.1, 0.15) is 18.7 Å². The lowest BCUT2D eigenvalue weighted by atomic mass is 9.76. The Morgan fingerprint density at radius 2 is 1.41 bits per heavy atom. The zero-order chi connectivity index (χ0) is 58.7. The van der Waals surface area contributed by atoms with E-state index in [1.165, 1.54) is 29.8 Å². The molecule has 0 aliphatic carbocycles. The van der Waals surface area contributed by atoms with Gasteiger partial charge >= 0.3 is 6.09 Å². The number of nitrogens with one attached hydrogen (secondary N) is 7. The van der Waals surface area contributed by atoms with E-state index in [2.05, 4.69) is 36.6 Å². The van der Waals surface area contributed by atoms with Gasteiger partial charge in [0.15, 0.2) is 0 Å². The van der Waals surface area contributed by atoms with E-state index in [0.717, 1.165) is 5.56 Å². The molecular weight excluding hydrogens is 1030 g/mol. The van der Waals surface area contributed by atoms with E-state index in [1.54, 1.807) is 69.4 Å². The molecule has 0 spiro atoms. The van der Waals surface area contributed by atoms with E-state index >= 15 is 0 Å². The Hall–Kier alpha value is -7.46. The maximum absolute atomic E-state index is 13.8. The van der Waals surface area contributed by atoms with Crippen molar-refractivity contribution in [3.05, 3.63) is 113 Å². The van der Waals surface area contributed by atoms with Crippen LogP contribution in [0.4, 0.5) is 10.5 Å². The highest BCUT2D eigenvalue weighted by Crippen LogP contribution is 2.29. The maximum Gasteiger partial charge on any atom is 0.407 e. The summed E-state index contributed by atoms with van der Waals surface area (Å²) in [5, 5.41) is 16.6. The molecule has 7 N–H and O–H groups in total. The van der Waals surface area contributed by atoms with Crippen molar-refractivity contribution in [1.29, 1.82) is 0 Å². The zero-order valence-corrected chi connectivity index (χ0v) is 47.9. The summed E-state index contributed by atoms with van der Waals surface area (Å²) in [6.07, 6.45) is 3.04. The highest BCUT2D eigenvalue weighted by Gasteiger charge is 2.41. The Morgan fingerprint density at radius 3 is 2.03 bits per heavy atom. The maximum atomic E-state index is 13.8. The van der Waals surface area contributed by atoms with Crippen LogP contribution in [0.5, 0.6) is 0 Å². The number of ether oxygens (including phenoxy) is 1. The van der Waals surface area contributed by atoms with E-state index in [9.17, 15) is 51.6 Å². The molecule has 1 heterocycles. The summed E-state index contributed by atoms with van der Waals surface area (Å²) < 4.78 is 33.7. The van der Waals surface area contributed by atoms with Gasteiger partial charge in [0.05, 0.1) is 18.3 Å². The van der Waals surface area contributed by atoms with Crippen LogP contribution in [0.1, 0.15) is 116 Å². The van der Waals surface area contributed by atoms with Gasteiger partial charge in [-0.05, 0) is 72.5 Å². The second-order valence-corrected chi connectivity index (χ2v) is 23.4. The first-order valence-corrected chi connectivity index (χ1v) is 28.0. The van der Waals surface area contributed by atoms with E-state index in [1.807, 2.05) is 65.0 Å². The second-order valence-electron chi connectivity index (χ2n) is 21.7. The van der Waals surface area contributed by atoms with Gasteiger partial charge in [0.25, 0.3) is 5.91 Å². The van der Waals surface area contributed by atoms with Crippen molar-refractivity contribution in [2.24, 2.45) is 11.3 Å². The third-order valence-electron chi connectivity index (χ3n) is 13.4. The summed E-state index contributed by atoms with van der Waals surface area (Å²) in [5.74, 6) is -4.15. The lowest BCUT2D eigenvalue weighted by Gasteiger charge is -2.38. The van der Waals surface area contributed by atoms with Crippen LogP contribution in [0.2, 0.25) is 0 Å². The number of imide groups is 1. The summed E-state index contributed by atoms with van der Waals surface area (Å²) in [6, 6.07) is 20.0. The van der Waals surface area contributed by atoms with Crippen molar-refractivity contribution >= 4 is 69.1 Å². The molecule has 4 rings (SSSR count). The molecule has 0 radical (unpaired) electrons. The summed E-state index contributed by atoms with van der Waals surface area (Å²) in [5.41, 5.74) is 1.59. The number of nitrogens with zero attached hydrogens (tertiary/aromatic N) is 2. The second kappa shape index (κ2) is 29.5. The van der Waals surface area contributed by atoms with Crippen molar-refractivity contribution < 1.29 is 56.3 Å². The van der Waals surface area contributed by atoms with E-state index in [4.69, 9.17) is 4.74 Å². The number of unbranched alkanes of at least 4 members (excludes halogenated alkanes) is 2. The molecule has 0 aromatic heterocycles. The highest BCUT2D eigenvalue weighted by molar-refractivity contribution is 7.89. The van der Waals surface area contributed by atoms with E-state index in [-0.39, 0.29) is 80.6 Å². The summed E-state index contributed by atoms with van der Waals surface area (Å²) in [7, 11) is -0.972. The lowest BCUT2D eigenvalue weighted by molar-refractivity contribution is -0.139. The van der Waals surface area contributed by atoms with Crippen molar-refractivity contribution in [1.82, 2.24) is 41.1 Å². The van der Waals surface area contributed by atoms with Crippen LogP contribution < -0.4 is 36.6 Å². The Bertz CT molecular complexity index is 2780.